The van der Waals surface area contributed by atoms with Gasteiger partial charge in [0.2, 0.25) is 0 Å². The molecular formula is C16H24N2O3. The predicted octanol–water partition coefficient (Wildman–Crippen LogP) is 1.90. The van der Waals surface area contributed by atoms with Gasteiger partial charge in [0.15, 0.2) is 6.61 Å². The summed E-state index contributed by atoms with van der Waals surface area (Å²) in [5.41, 5.74) is 1.88. The summed E-state index contributed by atoms with van der Waals surface area (Å²) in [4.78, 5) is 11.3. The van der Waals surface area contributed by atoms with Crippen LogP contribution in [-0.2, 0) is 11.3 Å². The minimum Gasteiger partial charge on any atom is -0.482 e. The molecule has 1 aromatic rings. The van der Waals surface area contributed by atoms with Crippen LogP contribution in [0.1, 0.15) is 32.8 Å². The van der Waals surface area contributed by atoms with Crippen molar-refractivity contribution >= 4 is 11.6 Å². The first kappa shape index (κ1) is 15.8. The molecule has 1 heterocycles. The van der Waals surface area contributed by atoms with Crippen LogP contribution in [0, 0.1) is 5.41 Å². The molecule has 5 heteroatoms. The topological polar surface area (TPSA) is 70.6 Å². The van der Waals surface area contributed by atoms with E-state index >= 15 is 0 Å². The van der Waals surface area contributed by atoms with Crippen molar-refractivity contribution in [1.82, 2.24) is 5.32 Å². The van der Waals surface area contributed by atoms with Crippen LogP contribution in [0.3, 0.4) is 0 Å². The van der Waals surface area contributed by atoms with E-state index in [2.05, 4.69) is 31.4 Å². The Bertz CT molecular complexity index is 509. The highest BCUT2D eigenvalue weighted by Crippen LogP contribution is 2.29. The van der Waals surface area contributed by atoms with Crippen LogP contribution in [0.4, 0.5) is 5.69 Å². The Hall–Kier alpha value is -1.59. The van der Waals surface area contributed by atoms with Crippen molar-refractivity contribution in [2.75, 3.05) is 18.5 Å². The second kappa shape index (κ2) is 6.45. The number of ether oxygens (including phenoxy) is 1. The molecule has 3 N–H and O–H groups in total. The number of hydrogen-bond donors (Lipinski definition) is 3. The van der Waals surface area contributed by atoms with Crippen LogP contribution >= 0.6 is 0 Å². The van der Waals surface area contributed by atoms with Crippen molar-refractivity contribution in [3.63, 3.8) is 0 Å². The van der Waals surface area contributed by atoms with E-state index in [9.17, 15) is 9.90 Å². The molecule has 21 heavy (non-hydrogen) atoms. The standard InChI is InChI=1S/C16H24N2O3/c1-16(2,3)14(6-7-19)17-9-11-4-5-13-12(8-11)18-15(20)10-21-13/h4-5,8,14,17,19H,6-7,9-10H2,1-3H3,(H,18,20). The lowest BCUT2D eigenvalue weighted by atomic mass is 9.85. The van der Waals surface area contributed by atoms with Gasteiger partial charge in [-0.3, -0.25) is 4.79 Å². The van der Waals surface area contributed by atoms with Gasteiger partial charge in [0.1, 0.15) is 5.75 Å². The molecule has 0 spiro atoms. The van der Waals surface area contributed by atoms with E-state index in [1.807, 2.05) is 18.2 Å². The van der Waals surface area contributed by atoms with Crippen molar-refractivity contribution in [2.24, 2.45) is 5.41 Å². The summed E-state index contributed by atoms with van der Waals surface area (Å²) in [6, 6.07) is 6.02. The molecule has 0 saturated carbocycles. The van der Waals surface area contributed by atoms with Gasteiger partial charge in [0.05, 0.1) is 5.69 Å². The molecule has 0 saturated heterocycles. The number of fused-ring (bicyclic) bond motifs is 1. The van der Waals surface area contributed by atoms with Crippen LogP contribution in [0.15, 0.2) is 18.2 Å². The molecule has 5 nitrogen and oxygen atoms in total. The number of amides is 1. The second-order valence-electron chi connectivity index (χ2n) is 6.48. The first-order chi connectivity index (χ1) is 9.90. The highest BCUT2D eigenvalue weighted by molar-refractivity contribution is 5.95. The number of hydrogen-bond acceptors (Lipinski definition) is 4. The molecule has 1 amide bonds. The number of benzene rings is 1. The zero-order valence-electron chi connectivity index (χ0n) is 12.9. The van der Waals surface area contributed by atoms with E-state index in [0.717, 1.165) is 11.3 Å². The number of nitrogens with one attached hydrogen (secondary N) is 2. The maximum atomic E-state index is 11.3. The molecule has 0 bridgehead atoms. The second-order valence-corrected chi connectivity index (χ2v) is 6.48. The summed E-state index contributed by atoms with van der Waals surface area (Å²) in [5.74, 6) is 0.585. The zero-order valence-corrected chi connectivity index (χ0v) is 12.9. The Balaban J connectivity index is 2.03. The van der Waals surface area contributed by atoms with E-state index in [4.69, 9.17) is 4.74 Å². The Morgan fingerprint density at radius 1 is 1.43 bits per heavy atom. The van der Waals surface area contributed by atoms with Crippen molar-refractivity contribution in [3.05, 3.63) is 23.8 Å². The van der Waals surface area contributed by atoms with E-state index in [-0.39, 0.29) is 30.6 Å². The number of carbonyl (C=O) groups is 1. The summed E-state index contributed by atoms with van der Waals surface area (Å²) in [5, 5.41) is 15.5. The third kappa shape index (κ3) is 4.19. The van der Waals surface area contributed by atoms with Gasteiger partial charge in [-0.15, -0.1) is 0 Å². The van der Waals surface area contributed by atoms with Gasteiger partial charge >= 0.3 is 0 Å². The van der Waals surface area contributed by atoms with Crippen molar-refractivity contribution in [2.45, 2.75) is 39.8 Å². The fourth-order valence-corrected chi connectivity index (χ4v) is 2.45. The fraction of sp³-hybridized carbons (Fsp3) is 0.562. The Morgan fingerprint density at radius 3 is 2.86 bits per heavy atom. The molecule has 1 aromatic carbocycles. The van der Waals surface area contributed by atoms with Crippen molar-refractivity contribution < 1.29 is 14.6 Å². The Labute approximate surface area is 125 Å². The Kier molecular flexibility index (Phi) is 4.85. The van der Waals surface area contributed by atoms with Gasteiger partial charge < -0.3 is 20.5 Å². The van der Waals surface area contributed by atoms with Gasteiger partial charge in [0.25, 0.3) is 5.91 Å². The number of anilines is 1. The molecule has 0 radical (unpaired) electrons. The third-order valence-electron chi connectivity index (χ3n) is 3.69. The molecule has 0 fully saturated rings. The SMILES string of the molecule is CC(C)(C)C(CCO)NCc1ccc2c(c1)NC(=O)CO2. The van der Waals surface area contributed by atoms with Crippen LogP contribution in [0.25, 0.3) is 0 Å². The highest BCUT2D eigenvalue weighted by Gasteiger charge is 2.23. The van der Waals surface area contributed by atoms with Crippen LogP contribution in [0.2, 0.25) is 0 Å². The maximum Gasteiger partial charge on any atom is 0.262 e. The molecule has 1 aliphatic heterocycles. The number of aliphatic hydroxyl groups excluding tert-OH is 1. The lowest BCUT2D eigenvalue weighted by Gasteiger charge is -2.31. The van der Waals surface area contributed by atoms with Crippen molar-refractivity contribution in [1.29, 1.82) is 0 Å². The summed E-state index contributed by atoms with van der Waals surface area (Å²) in [6.45, 7) is 7.39. The summed E-state index contributed by atoms with van der Waals surface area (Å²) in [7, 11) is 0. The minimum atomic E-state index is -0.125. The van der Waals surface area contributed by atoms with E-state index in [1.54, 1.807) is 0 Å². The molecule has 1 unspecified atom stereocenters. The molecule has 116 valence electrons. The van der Waals surface area contributed by atoms with Gasteiger partial charge in [-0.2, -0.15) is 0 Å². The molecule has 1 atom stereocenters. The normalized spacial score (nSPS) is 15.9. The number of rotatable bonds is 5. The van der Waals surface area contributed by atoms with Gasteiger partial charge in [0, 0.05) is 19.2 Å². The highest BCUT2D eigenvalue weighted by atomic mass is 16.5. The summed E-state index contributed by atoms with van der Waals surface area (Å²) in [6.07, 6.45) is 0.717. The Morgan fingerprint density at radius 2 is 2.19 bits per heavy atom. The average Bonchev–Trinajstić information content (AvgIpc) is 2.41. The average molecular weight is 292 g/mol. The number of carbonyl (C=O) groups excluding carboxylic acids is 1. The quantitative estimate of drug-likeness (QED) is 0.775. The monoisotopic (exact) mass is 292 g/mol. The van der Waals surface area contributed by atoms with Gasteiger partial charge in [-0.1, -0.05) is 26.8 Å². The van der Waals surface area contributed by atoms with Crippen LogP contribution in [0.5, 0.6) is 5.75 Å². The number of aliphatic hydroxyl groups is 1. The summed E-state index contributed by atoms with van der Waals surface area (Å²) < 4.78 is 5.34. The van der Waals surface area contributed by atoms with Gasteiger partial charge in [-0.25, -0.2) is 0 Å². The molecule has 0 aliphatic carbocycles. The van der Waals surface area contributed by atoms with Crippen molar-refractivity contribution in [3.8, 4) is 5.75 Å². The largest absolute Gasteiger partial charge is 0.482 e. The minimum absolute atomic E-state index is 0.0766. The molecular weight excluding hydrogens is 268 g/mol. The smallest absolute Gasteiger partial charge is 0.262 e. The third-order valence-corrected chi connectivity index (χ3v) is 3.69. The molecule has 0 aromatic heterocycles. The lowest BCUT2D eigenvalue weighted by Crippen LogP contribution is -2.40. The maximum absolute atomic E-state index is 11.3. The summed E-state index contributed by atoms with van der Waals surface area (Å²) >= 11 is 0. The van der Waals surface area contributed by atoms with Gasteiger partial charge in [-0.05, 0) is 29.5 Å². The van der Waals surface area contributed by atoms with Crippen LogP contribution in [-0.4, -0.2) is 30.3 Å². The molecule has 2 rings (SSSR count). The first-order valence-corrected chi connectivity index (χ1v) is 7.30. The zero-order chi connectivity index (χ0) is 15.5. The molecule has 1 aliphatic rings. The van der Waals surface area contributed by atoms with Crippen LogP contribution < -0.4 is 15.4 Å². The lowest BCUT2D eigenvalue weighted by molar-refractivity contribution is -0.118. The van der Waals surface area contributed by atoms with E-state index < -0.39 is 0 Å². The fourth-order valence-electron chi connectivity index (χ4n) is 2.45. The first-order valence-electron chi connectivity index (χ1n) is 7.30. The van der Waals surface area contributed by atoms with E-state index in [0.29, 0.717) is 18.7 Å². The van der Waals surface area contributed by atoms with E-state index in [1.165, 1.54) is 0 Å². The predicted molar refractivity (Wildman–Crippen MR) is 82.4 cm³/mol.